The summed E-state index contributed by atoms with van der Waals surface area (Å²) in [7, 11) is 1.59. The third-order valence-electron chi connectivity index (χ3n) is 4.77. The summed E-state index contributed by atoms with van der Waals surface area (Å²) in [6, 6.07) is 4.09. The number of nitrogens with zero attached hydrogens (tertiary/aromatic N) is 4. The monoisotopic (exact) mass is 433 g/mol. The molecule has 0 aliphatic carbocycles. The van der Waals surface area contributed by atoms with Crippen LogP contribution in [0.3, 0.4) is 0 Å². The lowest BCUT2D eigenvalue weighted by atomic mass is 10.2. The Morgan fingerprint density at radius 1 is 1.40 bits per heavy atom. The summed E-state index contributed by atoms with van der Waals surface area (Å²) in [5.74, 6) is -0.503. The van der Waals surface area contributed by atoms with E-state index in [9.17, 15) is 14.0 Å². The minimum absolute atomic E-state index is 0.0327. The van der Waals surface area contributed by atoms with Crippen LogP contribution in [0.5, 0.6) is 10.8 Å². The van der Waals surface area contributed by atoms with Gasteiger partial charge in [-0.25, -0.2) is 14.2 Å². The molecular formula is C19H20FN5O4S. The van der Waals surface area contributed by atoms with E-state index in [-0.39, 0.29) is 34.1 Å². The number of thiazole rings is 1. The highest BCUT2D eigenvalue weighted by atomic mass is 32.1. The molecule has 2 aromatic heterocycles. The molecule has 11 heteroatoms. The van der Waals surface area contributed by atoms with Crippen LogP contribution in [-0.4, -0.2) is 44.5 Å². The molecule has 30 heavy (non-hydrogen) atoms. The van der Waals surface area contributed by atoms with E-state index in [1.807, 2.05) is 0 Å². The topological polar surface area (TPSA) is 100 Å². The SMILES string of the molecule is Cc1nc(C(=O)NC2CCOC2)sc1Oc1ccc(-n2nc(C)n(C)c2=O)cc1F. The zero-order chi connectivity index (χ0) is 21.4. The number of rotatable bonds is 5. The zero-order valence-electron chi connectivity index (χ0n) is 16.6. The summed E-state index contributed by atoms with van der Waals surface area (Å²) in [5, 5.41) is 7.53. The van der Waals surface area contributed by atoms with Gasteiger partial charge in [0, 0.05) is 19.7 Å². The fourth-order valence-electron chi connectivity index (χ4n) is 2.98. The van der Waals surface area contributed by atoms with Crippen molar-refractivity contribution in [3.8, 4) is 16.5 Å². The van der Waals surface area contributed by atoms with Crippen molar-refractivity contribution in [2.75, 3.05) is 13.2 Å². The van der Waals surface area contributed by atoms with Crippen molar-refractivity contribution in [1.82, 2.24) is 24.6 Å². The smallest absolute Gasteiger partial charge is 0.350 e. The van der Waals surface area contributed by atoms with Crippen LogP contribution in [0.25, 0.3) is 5.69 Å². The van der Waals surface area contributed by atoms with Gasteiger partial charge < -0.3 is 14.8 Å². The number of aromatic nitrogens is 4. The Morgan fingerprint density at radius 2 is 2.20 bits per heavy atom. The molecule has 1 amide bonds. The Balaban J connectivity index is 1.53. The van der Waals surface area contributed by atoms with E-state index in [0.717, 1.165) is 22.4 Å². The first-order valence-electron chi connectivity index (χ1n) is 9.30. The molecule has 0 spiro atoms. The van der Waals surface area contributed by atoms with Crippen LogP contribution in [-0.2, 0) is 11.8 Å². The maximum Gasteiger partial charge on any atom is 0.350 e. The Hall–Kier alpha value is -3.05. The fraction of sp³-hybridized carbons (Fsp3) is 0.368. The minimum atomic E-state index is -0.662. The number of hydrogen-bond donors (Lipinski definition) is 1. The van der Waals surface area contributed by atoms with Gasteiger partial charge in [0.1, 0.15) is 5.82 Å². The minimum Gasteiger partial charge on any atom is -0.442 e. The predicted octanol–water partition coefficient (Wildman–Crippen LogP) is 2.09. The van der Waals surface area contributed by atoms with Gasteiger partial charge in [-0.2, -0.15) is 9.78 Å². The molecule has 158 valence electrons. The van der Waals surface area contributed by atoms with E-state index < -0.39 is 5.82 Å². The van der Waals surface area contributed by atoms with Crippen LogP contribution in [0, 0.1) is 19.7 Å². The molecule has 4 rings (SSSR count). The van der Waals surface area contributed by atoms with Crippen molar-refractivity contribution in [1.29, 1.82) is 0 Å². The summed E-state index contributed by atoms with van der Waals surface area (Å²) >= 11 is 1.04. The summed E-state index contributed by atoms with van der Waals surface area (Å²) < 4.78 is 28.0. The number of carbonyl (C=O) groups excluding carboxylic acids is 1. The number of aryl methyl sites for hydroxylation is 2. The van der Waals surface area contributed by atoms with Gasteiger partial charge in [-0.1, -0.05) is 11.3 Å². The van der Waals surface area contributed by atoms with Crippen molar-refractivity contribution in [3.63, 3.8) is 0 Å². The van der Waals surface area contributed by atoms with E-state index in [4.69, 9.17) is 9.47 Å². The van der Waals surface area contributed by atoms with E-state index in [0.29, 0.717) is 29.8 Å². The number of carbonyl (C=O) groups is 1. The van der Waals surface area contributed by atoms with Gasteiger partial charge in [0.25, 0.3) is 5.91 Å². The number of halogens is 1. The number of amides is 1. The Morgan fingerprint density at radius 3 is 2.83 bits per heavy atom. The fourth-order valence-corrected chi connectivity index (χ4v) is 3.81. The van der Waals surface area contributed by atoms with Crippen LogP contribution >= 0.6 is 11.3 Å². The first-order valence-corrected chi connectivity index (χ1v) is 10.1. The predicted molar refractivity (Wildman–Crippen MR) is 107 cm³/mol. The normalized spacial score (nSPS) is 16.1. The maximum absolute atomic E-state index is 14.6. The second-order valence-electron chi connectivity index (χ2n) is 6.94. The quantitative estimate of drug-likeness (QED) is 0.661. The van der Waals surface area contributed by atoms with Gasteiger partial charge in [0.05, 0.1) is 24.0 Å². The maximum atomic E-state index is 14.6. The molecule has 1 aromatic carbocycles. The molecule has 1 aliphatic heterocycles. The average molecular weight is 433 g/mol. The zero-order valence-corrected chi connectivity index (χ0v) is 17.5. The van der Waals surface area contributed by atoms with Gasteiger partial charge in [-0.3, -0.25) is 9.36 Å². The number of benzene rings is 1. The molecular weight excluding hydrogens is 413 g/mol. The van der Waals surface area contributed by atoms with Gasteiger partial charge >= 0.3 is 5.69 Å². The lowest BCUT2D eigenvalue weighted by Gasteiger charge is -2.08. The first kappa shape index (κ1) is 20.2. The highest BCUT2D eigenvalue weighted by Gasteiger charge is 2.22. The lowest BCUT2D eigenvalue weighted by Crippen LogP contribution is -2.34. The van der Waals surface area contributed by atoms with Crippen LogP contribution in [0.15, 0.2) is 23.0 Å². The largest absolute Gasteiger partial charge is 0.442 e. The molecule has 3 heterocycles. The molecule has 1 saturated heterocycles. The molecule has 1 N–H and O–H groups in total. The molecule has 1 fully saturated rings. The summed E-state index contributed by atoms with van der Waals surface area (Å²) in [4.78, 5) is 28.8. The second-order valence-corrected chi connectivity index (χ2v) is 7.90. The molecule has 0 bridgehead atoms. The lowest BCUT2D eigenvalue weighted by molar-refractivity contribution is 0.0929. The first-order chi connectivity index (χ1) is 14.3. The van der Waals surface area contributed by atoms with Crippen molar-refractivity contribution >= 4 is 17.2 Å². The summed E-state index contributed by atoms with van der Waals surface area (Å²) in [5.41, 5.74) is 0.392. The molecule has 0 radical (unpaired) electrons. The standard InChI is InChI=1S/C19H20FN5O4S/c1-10-18(30-17(21-10)16(26)22-12-6-7-28-9-12)29-15-5-4-13(8-14(15)20)25-19(27)24(3)11(2)23-25/h4-5,8,12H,6-7,9H2,1-3H3,(H,22,26). The summed E-state index contributed by atoms with van der Waals surface area (Å²) in [6.07, 6.45) is 0.760. The Bertz CT molecular complexity index is 1160. The summed E-state index contributed by atoms with van der Waals surface area (Å²) in [6.45, 7) is 4.47. The highest BCUT2D eigenvalue weighted by Crippen LogP contribution is 2.33. The van der Waals surface area contributed by atoms with E-state index in [1.165, 1.54) is 22.8 Å². The van der Waals surface area contributed by atoms with E-state index in [2.05, 4.69) is 15.4 Å². The molecule has 0 saturated carbocycles. The Labute approximate surface area is 175 Å². The Kier molecular flexibility index (Phi) is 5.39. The van der Waals surface area contributed by atoms with Crippen LogP contribution in [0.2, 0.25) is 0 Å². The van der Waals surface area contributed by atoms with Crippen molar-refractivity contribution in [2.24, 2.45) is 7.05 Å². The third-order valence-corrected chi connectivity index (χ3v) is 5.81. The van der Waals surface area contributed by atoms with E-state index in [1.54, 1.807) is 20.9 Å². The van der Waals surface area contributed by atoms with Gasteiger partial charge in [0.2, 0.25) is 5.06 Å². The van der Waals surface area contributed by atoms with Gasteiger partial charge in [0.15, 0.2) is 16.6 Å². The molecule has 3 aromatic rings. The van der Waals surface area contributed by atoms with Crippen molar-refractivity contribution in [2.45, 2.75) is 26.3 Å². The number of hydrogen-bond acceptors (Lipinski definition) is 7. The van der Waals surface area contributed by atoms with Crippen molar-refractivity contribution < 1.29 is 18.7 Å². The molecule has 1 aliphatic rings. The number of nitrogens with one attached hydrogen (secondary N) is 1. The second kappa shape index (κ2) is 8.00. The molecule has 9 nitrogen and oxygen atoms in total. The van der Waals surface area contributed by atoms with E-state index >= 15 is 0 Å². The van der Waals surface area contributed by atoms with Crippen LogP contribution < -0.4 is 15.7 Å². The van der Waals surface area contributed by atoms with Crippen molar-refractivity contribution in [3.05, 3.63) is 51.0 Å². The van der Waals surface area contributed by atoms with Gasteiger partial charge in [-0.05, 0) is 32.4 Å². The molecule has 1 unspecified atom stereocenters. The average Bonchev–Trinajstić information content (AvgIpc) is 3.41. The third kappa shape index (κ3) is 3.85. The number of ether oxygens (including phenoxy) is 2. The molecule has 1 atom stereocenters. The van der Waals surface area contributed by atoms with Crippen LogP contribution in [0.4, 0.5) is 4.39 Å². The van der Waals surface area contributed by atoms with Crippen LogP contribution in [0.1, 0.15) is 27.7 Å². The highest BCUT2D eigenvalue weighted by molar-refractivity contribution is 7.15. The van der Waals surface area contributed by atoms with Gasteiger partial charge in [-0.15, -0.1) is 0 Å².